The predicted molar refractivity (Wildman–Crippen MR) is 49.4 cm³/mol. The summed E-state index contributed by atoms with van der Waals surface area (Å²) in [5.74, 6) is 0. The Morgan fingerprint density at radius 1 is 1.20 bits per heavy atom. The average Bonchev–Trinajstić information content (AvgIpc) is 2.04. The van der Waals surface area contributed by atoms with Crippen molar-refractivity contribution in [3.63, 3.8) is 0 Å². The Labute approximate surface area is 66.2 Å². The van der Waals surface area contributed by atoms with Crippen LogP contribution in [0.15, 0.2) is 0 Å². The second kappa shape index (κ2) is 11.7. The maximum Gasteiger partial charge on any atom is 0.00360 e. The molecule has 0 aliphatic carbocycles. The van der Waals surface area contributed by atoms with Crippen LogP contribution in [0.2, 0.25) is 0 Å². The summed E-state index contributed by atoms with van der Waals surface area (Å²) in [6, 6.07) is 0.704. The van der Waals surface area contributed by atoms with Gasteiger partial charge in [0.1, 0.15) is 0 Å². The van der Waals surface area contributed by atoms with Crippen LogP contribution in [-0.2, 0) is 0 Å². The lowest BCUT2D eigenvalue weighted by atomic mass is 10.2. The average molecular weight is 145 g/mol. The zero-order chi connectivity index (χ0) is 8.41. The molecule has 0 fully saturated rings. The minimum atomic E-state index is 0.704. The molecule has 64 valence electrons. The molecule has 0 bridgehead atoms. The lowest BCUT2D eigenvalue weighted by Gasteiger charge is -2.08. The van der Waals surface area contributed by atoms with Gasteiger partial charge >= 0.3 is 0 Å². The molecule has 0 saturated heterocycles. The molecule has 1 unspecified atom stereocenters. The Morgan fingerprint density at radius 3 is 2.00 bits per heavy atom. The van der Waals surface area contributed by atoms with E-state index in [0.29, 0.717) is 6.04 Å². The first-order valence-electron chi connectivity index (χ1n) is 4.54. The quantitative estimate of drug-likeness (QED) is 0.641. The first kappa shape index (κ1) is 12.6. The van der Waals surface area contributed by atoms with Crippen molar-refractivity contribution in [1.82, 2.24) is 5.32 Å². The van der Waals surface area contributed by atoms with E-state index in [1.54, 1.807) is 0 Å². The van der Waals surface area contributed by atoms with Crippen molar-refractivity contribution in [2.75, 3.05) is 6.54 Å². The van der Waals surface area contributed by atoms with Crippen LogP contribution >= 0.6 is 0 Å². The van der Waals surface area contributed by atoms with Crippen molar-refractivity contribution in [2.24, 2.45) is 0 Å². The molecule has 0 aromatic carbocycles. The van der Waals surface area contributed by atoms with Gasteiger partial charge in [-0.25, -0.2) is 0 Å². The molecular weight excluding hydrogens is 122 g/mol. The fraction of sp³-hybridized carbons (Fsp3) is 1.00. The van der Waals surface area contributed by atoms with E-state index >= 15 is 0 Å². The second-order valence-electron chi connectivity index (χ2n) is 2.26. The molecule has 1 N–H and O–H groups in total. The summed E-state index contributed by atoms with van der Waals surface area (Å²) < 4.78 is 0. The van der Waals surface area contributed by atoms with Crippen LogP contribution in [0.3, 0.4) is 0 Å². The van der Waals surface area contributed by atoms with Crippen LogP contribution in [0, 0.1) is 0 Å². The zero-order valence-corrected chi connectivity index (χ0v) is 8.20. The highest BCUT2D eigenvalue weighted by molar-refractivity contribution is 4.54. The van der Waals surface area contributed by atoms with Gasteiger partial charge in [-0.3, -0.25) is 0 Å². The highest BCUT2D eigenvalue weighted by Crippen LogP contribution is 1.86. The van der Waals surface area contributed by atoms with E-state index in [2.05, 4.69) is 26.1 Å². The highest BCUT2D eigenvalue weighted by Gasteiger charge is 1.92. The Kier molecular flexibility index (Phi) is 14.8. The molecular formula is C9H23N. The van der Waals surface area contributed by atoms with Crippen molar-refractivity contribution >= 4 is 0 Å². The standard InChI is InChI=1S/C7H17N.C2H6/c1-4-6-8-7(3)5-2;1-2/h7-8H,4-6H2,1-3H3;1-2H3. The summed E-state index contributed by atoms with van der Waals surface area (Å²) in [6.07, 6.45) is 2.48. The third-order valence-corrected chi connectivity index (χ3v) is 1.36. The molecule has 0 spiro atoms. The van der Waals surface area contributed by atoms with Crippen LogP contribution in [0.4, 0.5) is 0 Å². The van der Waals surface area contributed by atoms with Crippen LogP contribution in [0.25, 0.3) is 0 Å². The van der Waals surface area contributed by atoms with Gasteiger partial charge in [-0.1, -0.05) is 27.7 Å². The fourth-order valence-corrected chi connectivity index (χ4v) is 0.535. The molecule has 1 nitrogen and oxygen atoms in total. The van der Waals surface area contributed by atoms with Crippen molar-refractivity contribution < 1.29 is 0 Å². The minimum Gasteiger partial charge on any atom is -0.314 e. The van der Waals surface area contributed by atoms with E-state index in [4.69, 9.17) is 0 Å². The molecule has 1 atom stereocenters. The number of hydrogen-bond donors (Lipinski definition) is 1. The van der Waals surface area contributed by atoms with Gasteiger partial charge in [0.25, 0.3) is 0 Å². The van der Waals surface area contributed by atoms with E-state index in [1.165, 1.54) is 12.8 Å². The van der Waals surface area contributed by atoms with Gasteiger partial charge in [-0.05, 0) is 26.3 Å². The number of nitrogens with one attached hydrogen (secondary N) is 1. The van der Waals surface area contributed by atoms with Gasteiger partial charge in [0.05, 0.1) is 0 Å². The molecule has 1 heteroatoms. The van der Waals surface area contributed by atoms with Gasteiger partial charge in [0.2, 0.25) is 0 Å². The van der Waals surface area contributed by atoms with Gasteiger partial charge in [-0.15, -0.1) is 0 Å². The van der Waals surface area contributed by atoms with E-state index in [9.17, 15) is 0 Å². The molecule has 0 amide bonds. The van der Waals surface area contributed by atoms with Gasteiger partial charge in [0.15, 0.2) is 0 Å². The Hall–Kier alpha value is -0.0400. The second-order valence-corrected chi connectivity index (χ2v) is 2.26. The molecule has 0 aromatic rings. The van der Waals surface area contributed by atoms with Crippen molar-refractivity contribution in [3.8, 4) is 0 Å². The first-order valence-corrected chi connectivity index (χ1v) is 4.54. The van der Waals surface area contributed by atoms with Gasteiger partial charge < -0.3 is 5.32 Å². The maximum atomic E-state index is 3.38. The molecule has 10 heavy (non-hydrogen) atoms. The SMILES string of the molecule is CC.CCCNC(C)CC. The maximum absolute atomic E-state index is 3.38. The van der Waals surface area contributed by atoms with Gasteiger partial charge in [-0.2, -0.15) is 0 Å². The summed E-state index contributed by atoms with van der Waals surface area (Å²) in [5.41, 5.74) is 0. The summed E-state index contributed by atoms with van der Waals surface area (Å²) in [7, 11) is 0. The zero-order valence-electron chi connectivity index (χ0n) is 8.20. The largest absolute Gasteiger partial charge is 0.314 e. The Bertz CT molecular complexity index is 44.0. The first-order chi connectivity index (χ1) is 4.81. The van der Waals surface area contributed by atoms with E-state index in [0.717, 1.165) is 6.54 Å². The Morgan fingerprint density at radius 2 is 1.70 bits per heavy atom. The molecule has 0 aromatic heterocycles. The van der Waals surface area contributed by atoms with E-state index < -0.39 is 0 Å². The predicted octanol–water partition coefficient (Wildman–Crippen LogP) is 2.81. The van der Waals surface area contributed by atoms with Crippen molar-refractivity contribution in [3.05, 3.63) is 0 Å². The van der Waals surface area contributed by atoms with Crippen molar-refractivity contribution in [1.29, 1.82) is 0 Å². The monoisotopic (exact) mass is 145 g/mol. The van der Waals surface area contributed by atoms with Crippen LogP contribution in [0.5, 0.6) is 0 Å². The lowest BCUT2D eigenvalue weighted by Crippen LogP contribution is -2.25. The molecule has 0 rings (SSSR count). The molecule has 0 aliphatic rings. The van der Waals surface area contributed by atoms with E-state index in [-0.39, 0.29) is 0 Å². The van der Waals surface area contributed by atoms with Crippen LogP contribution in [-0.4, -0.2) is 12.6 Å². The molecule has 0 radical (unpaired) electrons. The summed E-state index contributed by atoms with van der Waals surface area (Å²) in [4.78, 5) is 0. The molecule has 0 saturated carbocycles. The summed E-state index contributed by atoms with van der Waals surface area (Å²) in [6.45, 7) is 11.8. The van der Waals surface area contributed by atoms with Crippen LogP contribution in [0.1, 0.15) is 47.5 Å². The lowest BCUT2D eigenvalue weighted by molar-refractivity contribution is 0.533. The highest BCUT2D eigenvalue weighted by atomic mass is 14.9. The van der Waals surface area contributed by atoms with Gasteiger partial charge in [0, 0.05) is 6.04 Å². The Balaban J connectivity index is 0. The van der Waals surface area contributed by atoms with Crippen molar-refractivity contribution in [2.45, 2.75) is 53.5 Å². The molecule has 0 heterocycles. The third kappa shape index (κ3) is 10.9. The number of hydrogen-bond acceptors (Lipinski definition) is 1. The summed E-state index contributed by atoms with van der Waals surface area (Å²) in [5, 5.41) is 3.38. The topological polar surface area (TPSA) is 12.0 Å². The normalized spacial score (nSPS) is 11.7. The van der Waals surface area contributed by atoms with Crippen LogP contribution < -0.4 is 5.32 Å². The molecule has 0 aliphatic heterocycles. The third-order valence-electron chi connectivity index (χ3n) is 1.36. The number of rotatable bonds is 4. The fourth-order valence-electron chi connectivity index (χ4n) is 0.535. The minimum absolute atomic E-state index is 0.704. The summed E-state index contributed by atoms with van der Waals surface area (Å²) >= 11 is 0. The van der Waals surface area contributed by atoms with E-state index in [1.807, 2.05) is 13.8 Å². The smallest absolute Gasteiger partial charge is 0.00360 e.